The van der Waals surface area contributed by atoms with Crippen LogP contribution in [0.3, 0.4) is 0 Å². The third kappa shape index (κ3) is 6.20. The molecule has 1 aromatic heterocycles. The molecule has 2 aromatic carbocycles. The van der Waals surface area contributed by atoms with E-state index < -0.39 is 15.6 Å². The molecular formula is C27H34N6O3S. The number of nitrogens with zero attached hydrogens (tertiary/aromatic N) is 3. The predicted molar refractivity (Wildman–Crippen MR) is 146 cm³/mol. The molecule has 0 amide bonds. The summed E-state index contributed by atoms with van der Waals surface area (Å²) < 4.78 is 34.6. The van der Waals surface area contributed by atoms with E-state index in [1.807, 2.05) is 62.2 Å². The molecule has 3 heterocycles. The zero-order valence-corrected chi connectivity index (χ0v) is 22.3. The Morgan fingerprint density at radius 2 is 1.84 bits per heavy atom. The van der Waals surface area contributed by atoms with Crippen LogP contribution in [-0.4, -0.2) is 49.7 Å². The molecule has 0 aliphatic carbocycles. The van der Waals surface area contributed by atoms with E-state index in [-0.39, 0.29) is 11.0 Å². The maximum absolute atomic E-state index is 12.9. The van der Waals surface area contributed by atoms with E-state index >= 15 is 0 Å². The molecule has 1 saturated heterocycles. The van der Waals surface area contributed by atoms with Crippen molar-refractivity contribution >= 4 is 33.2 Å². The number of rotatable bonds is 7. The lowest BCUT2D eigenvalue weighted by atomic mass is 10.1. The second-order valence-corrected chi connectivity index (χ2v) is 12.2. The van der Waals surface area contributed by atoms with E-state index in [4.69, 9.17) is 9.72 Å². The highest BCUT2D eigenvalue weighted by atomic mass is 32.2. The molecule has 0 atom stereocenters. The van der Waals surface area contributed by atoms with Gasteiger partial charge in [-0.1, -0.05) is 6.07 Å². The van der Waals surface area contributed by atoms with Crippen LogP contribution in [0.2, 0.25) is 0 Å². The van der Waals surface area contributed by atoms with Gasteiger partial charge in [0.25, 0.3) is 0 Å². The first-order valence-corrected chi connectivity index (χ1v) is 14.2. The van der Waals surface area contributed by atoms with Crippen molar-refractivity contribution in [1.29, 1.82) is 0 Å². The Bertz CT molecular complexity index is 1350. The highest BCUT2D eigenvalue weighted by Crippen LogP contribution is 2.34. The van der Waals surface area contributed by atoms with Crippen LogP contribution >= 0.6 is 0 Å². The van der Waals surface area contributed by atoms with Gasteiger partial charge in [-0.25, -0.2) is 18.1 Å². The van der Waals surface area contributed by atoms with E-state index in [2.05, 4.69) is 20.3 Å². The van der Waals surface area contributed by atoms with E-state index in [0.29, 0.717) is 12.5 Å². The minimum atomic E-state index is -3.64. The molecule has 196 valence electrons. The average molecular weight is 523 g/mol. The number of sulfonamides is 1. The van der Waals surface area contributed by atoms with E-state index in [1.54, 1.807) is 18.2 Å². The number of ether oxygens (including phenoxy) is 1. The molecule has 0 unspecified atom stereocenters. The van der Waals surface area contributed by atoms with Gasteiger partial charge in [-0.05, 0) is 95.6 Å². The topological polar surface area (TPSA) is 108 Å². The fourth-order valence-electron chi connectivity index (χ4n) is 4.59. The van der Waals surface area contributed by atoms with Crippen LogP contribution < -0.4 is 25.0 Å². The number of hydrogen-bond acceptors (Lipinski definition) is 8. The molecule has 0 bridgehead atoms. The largest absolute Gasteiger partial charge is 0.490 e. The molecule has 0 radical (unpaired) electrons. The summed E-state index contributed by atoms with van der Waals surface area (Å²) in [5, 5.41) is 6.63. The summed E-state index contributed by atoms with van der Waals surface area (Å²) in [5.41, 5.74) is 2.10. The quantitative estimate of drug-likeness (QED) is 0.425. The minimum Gasteiger partial charge on any atom is -0.490 e. The standard InChI is InChI=1S/C27H34N6O3S/c1-27(2,3)32-37(34,35)24-6-4-5-21(17-24)33-16-13-19-18-29-26(31-25(19)33)30-20-7-9-22(10-8-20)36-23-11-14-28-15-12-23/h4-10,17-18,23,28,32H,11-16H2,1-3H3,(H,29,30,31). The molecule has 9 nitrogen and oxygen atoms in total. The number of piperidine rings is 1. The van der Waals surface area contributed by atoms with Gasteiger partial charge in [0.2, 0.25) is 16.0 Å². The van der Waals surface area contributed by atoms with Gasteiger partial charge in [-0.3, -0.25) is 0 Å². The lowest BCUT2D eigenvalue weighted by molar-refractivity contribution is 0.162. The summed E-state index contributed by atoms with van der Waals surface area (Å²) in [4.78, 5) is 11.5. The van der Waals surface area contributed by atoms with Gasteiger partial charge in [0.15, 0.2) is 0 Å². The maximum Gasteiger partial charge on any atom is 0.241 e. The minimum absolute atomic E-state index is 0.229. The first kappa shape index (κ1) is 25.4. The van der Waals surface area contributed by atoms with Gasteiger partial charge in [-0.2, -0.15) is 4.98 Å². The molecule has 2 aliphatic heterocycles. The van der Waals surface area contributed by atoms with Gasteiger partial charge in [0.1, 0.15) is 17.7 Å². The first-order valence-electron chi connectivity index (χ1n) is 12.7. The third-order valence-electron chi connectivity index (χ3n) is 6.28. The SMILES string of the molecule is CC(C)(C)NS(=O)(=O)c1cccc(N2CCc3cnc(Nc4ccc(OC5CCNCC5)cc4)nc32)c1. The van der Waals surface area contributed by atoms with Gasteiger partial charge < -0.3 is 20.3 Å². The van der Waals surface area contributed by atoms with Gasteiger partial charge in [-0.15, -0.1) is 0 Å². The van der Waals surface area contributed by atoms with Crippen LogP contribution in [0.5, 0.6) is 5.75 Å². The van der Waals surface area contributed by atoms with Crippen LogP contribution in [-0.2, 0) is 16.4 Å². The Kier molecular flexibility index (Phi) is 7.06. The number of fused-ring (bicyclic) bond motifs is 1. The Hall–Kier alpha value is -3.21. The second-order valence-electron chi connectivity index (χ2n) is 10.5. The van der Waals surface area contributed by atoms with Crippen molar-refractivity contribution in [2.45, 2.75) is 56.6 Å². The van der Waals surface area contributed by atoms with Crippen molar-refractivity contribution in [2.24, 2.45) is 0 Å². The Labute approximate surface area is 218 Å². The molecule has 1 fully saturated rings. The van der Waals surface area contributed by atoms with E-state index in [0.717, 1.165) is 60.9 Å². The summed E-state index contributed by atoms with van der Waals surface area (Å²) in [6.07, 6.45) is 4.91. The average Bonchev–Trinajstić information content (AvgIpc) is 3.28. The molecular weight excluding hydrogens is 488 g/mol. The van der Waals surface area contributed by atoms with Crippen molar-refractivity contribution in [1.82, 2.24) is 20.0 Å². The summed E-state index contributed by atoms with van der Waals surface area (Å²) in [5.74, 6) is 2.12. The monoisotopic (exact) mass is 522 g/mol. The molecule has 37 heavy (non-hydrogen) atoms. The summed E-state index contributed by atoms with van der Waals surface area (Å²) >= 11 is 0. The van der Waals surface area contributed by atoms with Crippen LogP contribution in [0, 0.1) is 0 Å². The first-order chi connectivity index (χ1) is 17.7. The van der Waals surface area contributed by atoms with Crippen LogP contribution in [0.1, 0.15) is 39.2 Å². The lowest BCUT2D eigenvalue weighted by Crippen LogP contribution is -2.40. The Morgan fingerprint density at radius 3 is 2.57 bits per heavy atom. The van der Waals surface area contributed by atoms with Crippen molar-refractivity contribution in [2.75, 3.05) is 29.9 Å². The normalized spacial score (nSPS) is 16.5. The van der Waals surface area contributed by atoms with Crippen LogP contribution in [0.4, 0.5) is 23.1 Å². The van der Waals surface area contributed by atoms with Crippen LogP contribution in [0.15, 0.2) is 59.6 Å². The molecule has 2 aliphatic rings. The molecule has 0 saturated carbocycles. The van der Waals surface area contributed by atoms with Gasteiger partial charge >= 0.3 is 0 Å². The fourth-order valence-corrected chi connectivity index (χ4v) is 6.05. The highest BCUT2D eigenvalue weighted by molar-refractivity contribution is 7.89. The number of benzene rings is 2. The molecule has 3 N–H and O–H groups in total. The predicted octanol–water partition coefficient (Wildman–Crippen LogP) is 4.12. The molecule has 3 aromatic rings. The summed E-state index contributed by atoms with van der Waals surface area (Å²) in [6.45, 7) is 8.16. The third-order valence-corrected chi connectivity index (χ3v) is 8.04. The number of hydrogen-bond donors (Lipinski definition) is 3. The highest BCUT2D eigenvalue weighted by Gasteiger charge is 2.26. The van der Waals surface area contributed by atoms with E-state index in [9.17, 15) is 8.42 Å². The van der Waals surface area contributed by atoms with Gasteiger partial charge in [0, 0.05) is 35.2 Å². The van der Waals surface area contributed by atoms with Crippen LogP contribution in [0.25, 0.3) is 0 Å². The zero-order chi connectivity index (χ0) is 26.0. The molecule has 0 spiro atoms. The second kappa shape index (κ2) is 10.3. The molecule has 10 heteroatoms. The lowest BCUT2D eigenvalue weighted by Gasteiger charge is -2.23. The van der Waals surface area contributed by atoms with Crippen molar-refractivity contribution in [3.8, 4) is 5.75 Å². The van der Waals surface area contributed by atoms with E-state index in [1.165, 1.54) is 0 Å². The summed E-state index contributed by atoms with van der Waals surface area (Å²) in [7, 11) is -3.64. The molecule has 5 rings (SSSR count). The summed E-state index contributed by atoms with van der Waals surface area (Å²) in [6, 6.07) is 14.8. The maximum atomic E-state index is 12.9. The van der Waals surface area contributed by atoms with Crippen molar-refractivity contribution in [3.05, 3.63) is 60.3 Å². The van der Waals surface area contributed by atoms with Crippen molar-refractivity contribution < 1.29 is 13.2 Å². The smallest absolute Gasteiger partial charge is 0.241 e. The Morgan fingerprint density at radius 1 is 1.08 bits per heavy atom. The van der Waals surface area contributed by atoms with Gasteiger partial charge in [0.05, 0.1) is 4.90 Å². The number of nitrogens with one attached hydrogen (secondary N) is 3. The zero-order valence-electron chi connectivity index (χ0n) is 21.5. The Balaban J connectivity index is 1.31. The number of aromatic nitrogens is 2. The van der Waals surface area contributed by atoms with Crippen molar-refractivity contribution in [3.63, 3.8) is 0 Å². The number of anilines is 4. The fraction of sp³-hybridized carbons (Fsp3) is 0.407.